The molecule has 1 atom stereocenters. The smallest absolute Gasteiger partial charge is 0.00772 e. The molecule has 1 heteroatoms. The average Bonchev–Trinajstić information content (AvgIpc) is 2.27. The fourth-order valence-corrected chi connectivity index (χ4v) is 5.99. The minimum atomic E-state index is 0.763. The van der Waals surface area contributed by atoms with Gasteiger partial charge in [-0.2, -0.15) is 0 Å². The zero-order valence-corrected chi connectivity index (χ0v) is 11.5. The van der Waals surface area contributed by atoms with Crippen molar-refractivity contribution in [2.24, 2.45) is 34.8 Å². The van der Waals surface area contributed by atoms with Crippen molar-refractivity contribution in [3.63, 3.8) is 0 Å². The molecule has 4 aliphatic carbocycles. The third-order valence-electron chi connectivity index (χ3n) is 6.20. The van der Waals surface area contributed by atoms with E-state index in [0.29, 0.717) is 0 Å². The van der Waals surface area contributed by atoms with E-state index in [0.717, 1.165) is 35.6 Å². The molecule has 4 saturated carbocycles. The molecule has 0 saturated heterocycles. The molecular formula is C16H29N. The SMILES string of the molecule is CCC(CCCN)C12CC3CC(CC(C3)C1)C2. The Morgan fingerprint density at radius 1 is 1.06 bits per heavy atom. The summed E-state index contributed by atoms with van der Waals surface area (Å²) in [5.41, 5.74) is 6.49. The lowest BCUT2D eigenvalue weighted by Crippen LogP contribution is -2.49. The second-order valence-electron chi connectivity index (χ2n) is 7.32. The minimum Gasteiger partial charge on any atom is -0.330 e. The predicted octanol–water partition coefficient (Wildman–Crippen LogP) is 3.97. The first-order valence-electron chi connectivity index (χ1n) is 7.96. The summed E-state index contributed by atoms with van der Waals surface area (Å²) in [6.45, 7) is 3.31. The van der Waals surface area contributed by atoms with E-state index >= 15 is 0 Å². The molecule has 17 heavy (non-hydrogen) atoms. The van der Waals surface area contributed by atoms with Crippen molar-refractivity contribution in [3.05, 3.63) is 0 Å². The maximum atomic E-state index is 5.72. The Morgan fingerprint density at radius 3 is 2.00 bits per heavy atom. The third kappa shape index (κ3) is 2.05. The molecule has 4 fully saturated rings. The molecule has 0 aromatic rings. The number of rotatable bonds is 5. The summed E-state index contributed by atoms with van der Waals surface area (Å²) in [7, 11) is 0. The normalized spacial score (nSPS) is 45.2. The van der Waals surface area contributed by atoms with Crippen LogP contribution < -0.4 is 5.73 Å². The lowest BCUT2D eigenvalue weighted by atomic mass is 9.46. The van der Waals surface area contributed by atoms with Gasteiger partial charge in [-0.25, -0.2) is 0 Å². The van der Waals surface area contributed by atoms with E-state index in [1.165, 1.54) is 19.3 Å². The molecule has 0 radical (unpaired) electrons. The Kier molecular flexibility index (Phi) is 3.23. The molecule has 1 nitrogen and oxygen atoms in total. The summed E-state index contributed by atoms with van der Waals surface area (Å²) in [5.74, 6) is 4.30. The molecular weight excluding hydrogens is 206 g/mol. The van der Waals surface area contributed by atoms with Gasteiger partial charge < -0.3 is 5.73 Å². The van der Waals surface area contributed by atoms with Crippen molar-refractivity contribution in [2.45, 2.75) is 64.7 Å². The van der Waals surface area contributed by atoms with Crippen LogP contribution in [0.4, 0.5) is 0 Å². The summed E-state index contributed by atoms with van der Waals surface area (Å²) in [5, 5.41) is 0. The molecule has 0 aliphatic heterocycles. The molecule has 4 rings (SSSR count). The Bertz CT molecular complexity index is 235. The minimum absolute atomic E-state index is 0.763. The second kappa shape index (κ2) is 4.57. The summed E-state index contributed by atoms with van der Waals surface area (Å²) in [6, 6.07) is 0. The molecule has 0 heterocycles. The molecule has 1 unspecified atom stereocenters. The van der Waals surface area contributed by atoms with Gasteiger partial charge in [0.25, 0.3) is 0 Å². The standard InChI is InChI=1S/C16H29N/c1-2-15(4-3-5-17)16-9-12-6-13(10-16)8-14(7-12)11-16/h12-15H,2-11,17H2,1H3. The van der Waals surface area contributed by atoms with Crippen LogP contribution in [0.15, 0.2) is 0 Å². The number of hydrogen-bond acceptors (Lipinski definition) is 1. The summed E-state index contributed by atoms with van der Waals surface area (Å²) < 4.78 is 0. The fraction of sp³-hybridized carbons (Fsp3) is 1.00. The fourth-order valence-electron chi connectivity index (χ4n) is 5.99. The zero-order chi connectivity index (χ0) is 11.9. The highest BCUT2D eigenvalue weighted by atomic mass is 14.6. The Labute approximate surface area is 107 Å². The first kappa shape index (κ1) is 12.0. The van der Waals surface area contributed by atoms with Gasteiger partial charge >= 0.3 is 0 Å². The van der Waals surface area contributed by atoms with Gasteiger partial charge in [0.2, 0.25) is 0 Å². The molecule has 0 aromatic heterocycles. The average molecular weight is 235 g/mol. The second-order valence-corrected chi connectivity index (χ2v) is 7.32. The van der Waals surface area contributed by atoms with Crippen LogP contribution in [0.1, 0.15) is 64.7 Å². The van der Waals surface area contributed by atoms with Crippen LogP contribution in [0.3, 0.4) is 0 Å². The van der Waals surface area contributed by atoms with E-state index in [4.69, 9.17) is 5.73 Å². The Hall–Kier alpha value is -0.0400. The van der Waals surface area contributed by atoms with Crippen LogP contribution in [-0.2, 0) is 0 Å². The highest BCUT2D eigenvalue weighted by Crippen LogP contribution is 2.63. The van der Waals surface area contributed by atoms with Gasteiger partial charge in [-0.3, -0.25) is 0 Å². The van der Waals surface area contributed by atoms with E-state index in [2.05, 4.69) is 6.92 Å². The molecule has 4 bridgehead atoms. The van der Waals surface area contributed by atoms with Crippen molar-refractivity contribution in [1.29, 1.82) is 0 Å². The first-order valence-corrected chi connectivity index (χ1v) is 7.96. The molecule has 98 valence electrons. The van der Waals surface area contributed by atoms with Crippen molar-refractivity contribution in [1.82, 2.24) is 0 Å². The van der Waals surface area contributed by atoms with E-state index in [1.807, 2.05) is 0 Å². The Morgan fingerprint density at radius 2 is 1.59 bits per heavy atom. The number of nitrogens with two attached hydrogens (primary N) is 1. The maximum Gasteiger partial charge on any atom is -0.00772 e. The van der Waals surface area contributed by atoms with Gasteiger partial charge in [0, 0.05) is 0 Å². The van der Waals surface area contributed by atoms with Gasteiger partial charge in [-0.1, -0.05) is 13.3 Å². The lowest BCUT2D eigenvalue weighted by Gasteiger charge is -2.59. The monoisotopic (exact) mass is 235 g/mol. The molecule has 0 amide bonds. The first-order chi connectivity index (χ1) is 8.25. The van der Waals surface area contributed by atoms with Crippen molar-refractivity contribution < 1.29 is 0 Å². The van der Waals surface area contributed by atoms with Crippen LogP contribution in [0.2, 0.25) is 0 Å². The lowest BCUT2D eigenvalue weighted by molar-refractivity contribution is -0.0901. The highest BCUT2D eigenvalue weighted by Gasteiger charge is 2.53. The van der Waals surface area contributed by atoms with Crippen LogP contribution >= 0.6 is 0 Å². The topological polar surface area (TPSA) is 26.0 Å². The predicted molar refractivity (Wildman–Crippen MR) is 72.7 cm³/mol. The maximum absolute atomic E-state index is 5.72. The molecule has 0 aromatic carbocycles. The van der Waals surface area contributed by atoms with Crippen molar-refractivity contribution in [3.8, 4) is 0 Å². The summed E-state index contributed by atoms with van der Waals surface area (Å²) in [6.07, 6.45) is 13.5. The highest BCUT2D eigenvalue weighted by molar-refractivity contribution is 5.03. The molecule has 4 aliphatic rings. The van der Waals surface area contributed by atoms with E-state index in [1.54, 1.807) is 38.5 Å². The van der Waals surface area contributed by atoms with Gasteiger partial charge in [-0.15, -0.1) is 0 Å². The van der Waals surface area contributed by atoms with Crippen molar-refractivity contribution in [2.75, 3.05) is 6.54 Å². The van der Waals surface area contributed by atoms with E-state index in [-0.39, 0.29) is 0 Å². The quantitative estimate of drug-likeness (QED) is 0.766. The summed E-state index contributed by atoms with van der Waals surface area (Å²) >= 11 is 0. The van der Waals surface area contributed by atoms with Crippen molar-refractivity contribution >= 4 is 0 Å². The van der Waals surface area contributed by atoms with Crippen LogP contribution in [-0.4, -0.2) is 6.54 Å². The zero-order valence-electron chi connectivity index (χ0n) is 11.5. The van der Waals surface area contributed by atoms with Gasteiger partial charge in [-0.05, 0) is 87.0 Å². The van der Waals surface area contributed by atoms with Gasteiger partial charge in [0.1, 0.15) is 0 Å². The van der Waals surface area contributed by atoms with Gasteiger partial charge in [0.05, 0.1) is 0 Å². The Balaban J connectivity index is 1.75. The molecule has 2 N–H and O–H groups in total. The molecule has 0 spiro atoms. The van der Waals surface area contributed by atoms with E-state index < -0.39 is 0 Å². The number of hydrogen-bond donors (Lipinski definition) is 1. The van der Waals surface area contributed by atoms with Crippen LogP contribution in [0.5, 0.6) is 0 Å². The van der Waals surface area contributed by atoms with Crippen LogP contribution in [0.25, 0.3) is 0 Å². The van der Waals surface area contributed by atoms with Gasteiger partial charge in [0.15, 0.2) is 0 Å². The van der Waals surface area contributed by atoms with Crippen LogP contribution in [0, 0.1) is 29.1 Å². The third-order valence-corrected chi connectivity index (χ3v) is 6.20. The largest absolute Gasteiger partial charge is 0.330 e. The summed E-state index contributed by atoms with van der Waals surface area (Å²) in [4.78, 5) is 0. The van der Waals surface area contributed by atoms with E-state index in [9.17, 15) is 0 Å².